The van der Waals surface area contributed by atoms with Gasteiger partial charge in [0.1, 0.15) is 5.00 Å². The summed E-state index contributed by atoms with van der Waals surface area (Å²) in [4.78, 5) is 13.1. The van der Waals surface area contributed by atoms with Gasteiger partial charge in [0.2, 0.25) is 0 Å². The molecule has 0 atom stereocenters. The highest BCUT2D eigenvalue weighted by atomic mass is 32.1. The summed E-state index contributed by atoms with van der Waals surface area (Å²) in [5, 5.41) is 7.37. The van der Waals surface area contributed by atoms with Gasteiger partial charge in [-0.1, -0.05) is 48.5 Å². The van der Waals surface area contributed by atoms with Gasteiger partial charge in [0.25, 0.3) is 0 Å². The normalized spacial score (nSPS) is 10.2. The third-order valence-corrected chi connectivity index (χ3v) is 5.12. The summed E-state index contributed by atoms with van der Waals surface area (Å²) in [5.41, 5.74) is 3.50. The van der Waals surface area contributed by atoms with Crippen LogP contribution in [-0.4, -0.2) is 18.2 Å². The molecular formula is C20H18N2O2S2. The monoisotopic (exact) mass is 382 g/mol. The minimum absolute atomic E-state index is 0.398. The molecule has 132 valence electrons. The van der Waals surface area contributed by atoms with Crippen LogP contribution in [0.3, 0.4) is 0 Å². The van der Waals surface area contributed by atoms with Gasteiger partial charge >= 0.3 is 5.97 Å². The van der Waals surface area contributed by atoms with Crippen molar-refractivity contribution in [3.63, 3.8) is 0 Å². The highest BCUT2D eigenvalue weighted by Crippen LogP contribution is 2.36. The molecule has 0 aliphatic rings. The quantitative estimate of drug-likeness (QED) is 0.472. The van der Waals surface area contributed by atoms with Crippen molar-refractivity contribution in [2.24, 2.45) is 0 Å². The van der Waals surface area contributed by atoms with E-state index in [1.807, 2.05) is 67.6 Å². The second-order valence-electron chi connectivity index (χ2n) is 5.61. The molecule has 0 unspecified atom stereocenters. The summed E-state index contributed by atoms with van der Waals surface area (Å²) >= 11 is 6.88. The van der Waals surface area contributed by atoms with E-state index >= 15 is 0 Å². The number of hydrogen-bond acceptors (Lipinski definition) is 4. The molecule has 6 heteroatoms. The van der Waals surface area contributed by atoms with Crippen molar-refractivity contribution in [1.29, 1.82) is 0 Å². The minimum Gasteiger partial charge on any atom is -0.465 e. The Labute approximate surface area is 161 Å². The van der Waals surface area contributed by atoms with Gasteiger partial charge in [-0.3, -0.25) is 0 Å². The number of para-hydroxylation sites is 1. The summed E-state index contributed by atoms with van der Waals surface area (Å²) in [6.07, 6.45) is 0. The van der Waals surface area contributed by atoms with Gasteiger partial charge in [-0.15, -0.1) is 11.3 Å². The molecule has 0 fully saturated rings. The second-order valence-corrected chi connectivity index (χ2v) is 7.07. The fourth-order valence-corrected chi connectivity index (χ4v) is 3.79. The first kappa shape index (κ1) is 18.1. The Balaban J connectivity index is 1.86. The first-order valence-corrected chi connectivity index (χ1v) is 9.22. The van der Waals surface area contributed by atoms with E-state index in [9.17, 15) is 4.79 Å². The zero-order chi connectivity index (χ0) is 18.5. The lowest BCUT2D eigenvalue weighted by Gasteiger charge is -2.12. The van der Waals surface area contributed by atoms with Crippen molar-refractivity contribution in [1.82, 2.24) is 0 Å². The van der Waals surface area contributed by atoms with E-state index in [0.29, 0.717) is 15.7 Å². The largest absolute Gasteiger partial charge is 0.465 e. The molecule has 0 aliphatic carbocycles. The predicted molar refractivity (Wildman–Crippen MR) is 112 cm³/mol. The molecule has 2 aromatic carbocycles. The first-order valence-electron chi connectivity index (χ1n) is 7.99. The molecule has 0 bridgehead atoms. The van der Waals surface area contributed by atoms with E-state index in [0.717, 1.165) is 21.7 Å². The highest BCUT2D eigenvalue weighted by molar-refractivity contribution is 7.80. The molecule has 0 saturated carbocycles. The molecule has 0 amide bonds. The standard InChI is InChI=1S/C20H18N2O2S2/c1-13-8-6-7-11-16(13)21-20(25)22-18-15(19(23)24-2)12-17(26-18)14-9-4-3-5-10-14/h3-12H,1-2H3,(H2,21,22,25). The van der Waals surface area contributed by atoms with Crippen molar-refractivity contribution in [2.45, 2.75) is 6.92 Å². The lowest BCUT2D eigenvalue weighted by molar-refractivity contribution is 0.0602. The summed E-state index contributed by atoms with van der Waals surface area (Å²) < 4.78 is 4.91. The summed E-state index contributed by atoms with van der Waals surface area (Å²) in [7, 11) is 1.37. The number of benzene rings is 2. The smallest absolute Gasteiger partial charge is 0.340 e. The Hall–Kier alpha value is -2.70. The number of aryl methyl sites for hydroxylation is 1. The summed E-state index contributed by atoms with van der Waals surface area (Å²) in [6.45, 7) is 2.00. The van der Waals surface area contributed by atoms with Crippen LogP contribution in [0.2, 0.25) is 0 Å². The zero-order valence-electron chi connectivity index (χ0n) is 14.4. The van der Waals surface area contributed by atoms with E-state index in [1.165, 1.54) is 18.4 Å². The van der Waals surface area contributed by atoms with Crippen LogP contribution in [0.5, 0.6) is 0 Å². The lowest BCUT2D eigenvalue weighted by Crippen LogP contribution is -2.20. The van der Waals surface area contributed by atoms with E-state index in [-0.39, 0.29) is 0 Å². The zero-order valence-corrected chi connectivity index (χ0v) is 16.0. The number of esters is 1. The second kappa shape index (κ2) is 8.12. The van der Waals surface area contributed by atoms with Crippen molar-refractivity contribution < 1.29 is 9.53 Å². The molecule has 0 radical (unpaired) electrons. The lowest BCUT2D eigenvalue weighted by atomic mass is 10.1. The Bertz CT molecular complexity index is 936. The molecule has 4 nitrogen and oxygen atoms in total. The number of carbonyl (C=O) groups is 1. The van der Waals surface area contributed by atoms with Gasteiger partial charge < -0.3 is 15.4 Å². The molecule has 3 rings (SSSR count). The molecule has 1 heterocycles. The van der Waals surface area contributed by atoms with Crippen molar-refractivity contribution in [2.75, 3.05) is 17.7 Å². The summed E-state index contributed by atoms with van der Waals surface area (Å²) in [6, 6.07) is 19.6. The minimum atomic E-state index is -0.398. The molecule has 0 aliphatic heterocycles. The van der Waals surface area contributed by atoms with Crippen LogP contribution in [0.15, 0.2) is 60.7 Å². The number of carbonyl (C=O) groups excluding carboxylic acids is 1. The molecule has 1 aromatic heterocycles. The van der Waals surface area contributed by atoms with Gasteiger partial charge in [-0.25, -0.2) is 4.79 Å². The number of nitrogens with one attached hydrogen (secondary N) is 2. The fraction of sp³-hybridized carbons (Fsp3) is 0.100. The average molecular weight is 383 g/mol. The molecule has 0 spiro atoms. The Morgan fingerprint density at radius 3 is 2.42 bits per heavy atom. The van der Waals surface area contributed by atoms with Gasteiger partial charge in [0.15, 0.2) is 5.11 Å². The fourth-order valence-electron chi connectivity index (χ4n) is 2.46. The van der Waals surface area contributed by atoms with Crippen LogP contribution in [0, 0.1) is 6.92 Å². The third kappa shape index (κ3) is 4.09. The van der Waals surface area contributed by atoms with Crippen LogP contribution in [0.4, 0.5) is 10.7 Å². The van der Waals surface area contributed by atoms with Gasteiger partial charge in [0, 0.05) is 10.6 Å². The highest BCUT2D eigenvalue weighted by Gasteiger charge is 2.18. The Morgan fingerprint density at radius 1 is 1.04 bits per heavy atom. The maximum absolute atomic E-state index is 12.2. The molecule has 2 N–H and O–H groups in total. The van der Waals surface area contributed by atoms with E-state index in [4.69, 9.17) is 17.0 Å². The van der Waals surface area contributed by atoms with E-state index in [2.05, 4.69) is 10.6 Å². The van der Waals surface area contributed by atoms with Crippen molar-refractivity contribution in [3.05, 3.63) is 71.8 Å². The van der Waals surface area contributed by atoms with Crippen LogP contribution in [0.1, 0.15) is 15.9 Å². The van der Waals surface area contributed by atoms with Crippen LogP contribution < -0.4 is 10.6 Å². The van der Waals surface area contributed by atoms with Crippen molar-refractivity contribution >= 4 is 45.3 Å². The van der Waals surface area contributed by atoms with Gasteiger partial charge in [-0.05, 0) is 42.4 Å². The number of anilines is 2. The SMILES string of the molecule is COC(=O)c1cc(-c2ccccc2)sc1NC(=S)Nc1ccccc1C. The number of thiophene rings is 1. The van der Waals surface area contributed by atoms with Crippen LogP contribution in [0.25, 0.3) is 10.4 Å². The molecule has 26 heavy (non-hydrogen) atoms. The number of methoxy groups -OCH3 is 1. The van der Waals surface area contributed by atoms with Gasteiger partial charge in [-0.2, -0.15) is 0 Å². The molecular weight excluding hydrogens is 364 g/mol. The molecule has 0 saturated heterocycles. The maximum atomic E-state index is 12.2. The predicted octanol–water partition coefficient (Wildman–Crippen LogP) is 5.32. The van der Waals surface area contributed by atoms with Crippen molar-refractivity contribution in [3.8, 4) is 10.4 Å². The van der Waals surface area contributed by atoms with Crippen LogP contribution >= 0.6 is 23.6 Å². The Kier molecular flexibility index (Phi) is 5.65. The number of ether oxygens (including phenoxy) is 1. The average Bonchev–Trinajstić information content (AvgIpc) is 3.07. The van der Waals surface area contributed by atoms with Crippen LogP contribution in [-0.2, 0) is 4.74 Å². The number of rotatable bonds is 4. The van der Waals surface area contributed by atoms with E-state index < -0.39 is 5.97 Å². The Morgan fingerprint density at radius 2 is 1.73 bits per heavy atom. The number of thiocarbonyl (C=S) groups is 1. The van der Waals surface area contributed by atoms with E-state index in [1.54, 1.807) is 0 Å². The maximum Gasteiger partial charge on any atom is 0.340 e. The molecule has 3 aromatic rings. The van der Waals surface area contributed by atoms with Gasteiger partial charge in [0.05, 0.1) is 12.7 Å². The number of hydrogen-bond donors (Lipinski definition) is 2. The topological polar surface area (TPSA) is 50.4 Å². The first-order chi connectivity index (χ1) is 12.6. The third-order valence-electron chi connectivity index (χ3n) is 3.82. The summed E-state index contributed by atoms with van der Waals surface area (Å²) in [5.74, 6) is -0.398.